The van der Waals surface area contributed by atoms with Crippen LogP contribution in [0.2, 0.25) is 0 Å². The molecule has 2 atom stereocenters. The average Bonchev–Trinajstić information content (AvgIpc) is 2.75. The van der Waals surface area contributed by atoms with Crippen molar-refractivity contribution in [2.45, 2.75) is 129 Å². The summed E-state index contributed by atoms with van der Waals surface area (Å²) in [5, 5.41) is 20.7. The van der Waals surface area contributed by atoms with Crippen LogP contribution < -0.4 is 12.4 Å². The van der Waals surface area contributed by atoms with E-state index in [0.717, 1.165) is 26.1 Å². The van der Waals surface area contributed by atoms with Gasteiger partial charge >= 0.3 is 0 Å². The van der Waals surface area contributed by atoms with Crippen molar-refractivity contribution < 1.29 is 36.6 Å². The third kappa shape index (κ3) is 26.7. The van der Waals surface area contributed by atoms with Crippen LogP contribution in [0.1, 0.15) is 117 Å². The van der Waals surface area contributed by atoms with E-state index in [1.54, 1.807) is 0 Å². The smallest absolute Gasteiger partial charge is 0.126 e. The molecule has 0 radical (unpaired) electrons. The maximum Gasteiger partial charge on any atom is 0.126 e. The number of hydrogen-bond donors (Lipinski definition) is 2. The minimum atomic E-state index is -0.500. The largest absolute Gasteiger partial charge is 1.00 e. The molecule has 0 aliphatic heterocycles. The third-order valence-corrected chi connectivity index (χ3v) is 6.31. The zero-order valence-electron chi connectivity index (χ0n) is 23.2. The molecular formula is C28H60ClNO4. The van der Waals surface area contributed by atoms with E-state index in [1.165, 1.54) is 89.9 Å². The maximum atomic E-state index is 10.3. The van der Waals surface area contributed by atoms with Crippen LogP contribution in [0, 0.1) is 0 Å². The number of aliphatic hydroxyl groups is 2. The Balaban J connectivity index is 0. The summed E-state index contributed by atoms with van der Waals surface area (Å²) < 4.78 is 11.9. The van der Waals surface area contributed by atoms with Crippen LogP contribution in [-0.2, 0) is 9.47 Å². The Bertz CT molecular complexity index is 365. The lowest BCUT2D eigenvalue weighted by molar-refractivity contribution is -0.896. The number of likely N-dealkylation sites (N-methyl/N-ethyl adjacent to an activating group) is 1. The number of aliphatic hydroxyl groups excluding tert-OH is 2. The molecule has 2 N–H and O–H groups in total. The first-order valence-electron chi connectivity index (χ1n) is 14.2. The monoisotopic (exact) mass is 509 g/mol. The minimum absolute atomic E-state index is 0. The SMILES string of the molecule is CCCCCCCCCCOCC(O)C[N+](C)(C)CC(O)COCCCCCCCCCC.[Cl-]. The fourth-order valence-electron chi connectivity index (χ4n) is 4.44. The van der Waals surface area contributed by atoms with Crippen molar-refractivity contribution in [1.29, 1.82) is 0 Å². The van der Waals surface area contributed by atoms with E-state index in [9.17, 15) is 10.2 Å². The molecule has 0 fully saturated rings. The highest BCUT2D eigenvalue weighted by Gasteiger charge is 2.24. The summed E-state index contributed by atoms with van der Waals surface area (Å²) in [6.45, 7) is 7.87. The van der Waals surface area contributed by atoms with Gasteiger partial charge in [-0.05, 0) is 12.8 Å². The number of rotatable bonds is 26. The van der Waals surface area contributed by atoms with Crippen LogP contribution in [0.5, 0.6) is 0 Å². The summed E-state index contributed by atoms with van der Waals surface area (Å²) in [6, 6.07) is 0. The topological polar surface area (TPSA) is 58.9 Å². The number of unbranched alkanes of at least 4 members (excludes halogenated alkanes) is 14. The molecule has 0 aliphatic carbocycles. The number of nitrogens with zero attached hydrogens (tertiary/aromatic N) is 1. The summed E-state index contributed by atoms with van der Waals surface area (Å²) in [5.41, 5.74) is 0. The first-order chi connectivity index (χ1) is 15.9. The van der Waals surface area contributed by atoms with E-state index in [2.05, 4.69) is 13.8 Å². The molecule has 0 saturated carbocycles. The van der Waals surface area contributed by atoms with Gasteiger partial charge < -0.3 is 36.6 Å². The van der Waals surface area contributed by atoms with Gasteiger partial charge in [0.05, 0.1) is 27.3 Å². The van der Waals surface area contributed by atoms with Crippen LogP contribution in [0.25, 0.3) is 0 Å². The van der Waals surface area contributed by atoms with E-state index in [-0.39, 0.29) is 12.4 Å². The summed E-state index contributed by atoms with van der Waals surface area (Å²) in [5.74, 6) is 0. The van der Waals surface area contributed by atoms with Crippen LogP contribution in [0.3, 0.4) is 0 Å². The van der Waals surface area contributed by atoms with Crippen LogP contribution in [0.15, 0.2) is 0 Å². The lowest BCUT2D eigenvalue weighted by Crippen LogP contribution is -3.00. The van der Waals surface area contributed by atoms with E-state index >= 15 is 0 Å². The van der Waals surface area contributed by atoms with Crippen molar-refractivity contribution in [2.24, 2.45) is 0 Å². The molecule has 0 bridgehead atoms. The van der Waals surface area contributed by atoms with Gasteiger partial charge in [0.15, 0.2) is 0 Å². The zero-order valence-corrected chi connectivity index (χ0v) is 24.0. The first kappa shape index (κ1) is 36.2. The number of hydrogen-bond acceptors (Lipinski definition) is 4. The van der Waals surface area contributed by atoms with Crippen LogP contribution in [0.4, 0.5) is 0 Å². The molecule has 0 saturated heterocycles. The fourth-order valence-corrected chi connectivity index (χ4v) is 4.44. The molecule has 208 valence electrons. The van der Waals surface area contributed by atoms with Crippen LogP contribution >= 0.6 is 0 Å². The average molecular weight is 510 g/mol. The zero-order chi connectivity index (χ0) is 24.6. The quantitative estimate of drug-likeness (QED) is 0.139. The van der Waals surface area contributed by atoms with Gasteiger partial charge in [-0.2, -0.15) is 0 Å². The molecule has 5 nitrogen and oxygen atoms in total. The number of ether oxygens (including phenoxy) is 2. The van der Waals surface area contributed by atoms with Gasteiger partial charge in [0, 0.05) is 13.2 Å². The minimum Gasteiger partial charge on any atom is -1.00 e. The summed E-state index contributed by atoms with van der Waals surface area (Å²) in [7, 11) is 4.09. The van der Waals surface area contributed by atoms with Crippen LogP contribution in [-0.4, -0.2) is 80.5 Å². The predicted octanol–water partition coefficient (Wildman–Crippen LogP) is 3.10. The maximum absolute atomic E-state index is 10.3. The second-order valence-electron chi connectivity index (χ2n) is 10.7. The highest BCUT2D eigenvalue weighted by atomic mass is 35.5. The van der Waals surface area contributed by atoms with Crippen molar-refractivity contribution in [2.75, 3.05) is 53.6 Å². The molecule has 6 heteroatoms. The predicted molar refractivity (Wildman–Crippen MR) is 141 cm³/mol. The van der Waals surface area contributed by atoms with Gasteiger partial charge in [-0.15, -0.1) is 0 Å². The number of halogens is 1. The Morgan fingerprint density at radius 1 is 0.529 bits per heavy atom. The molecule has 0 heterocycles. The molecular weight excluding hydrogens is 450 g/mol. The van der Waals surface area contributed by atoms with Gasteiger partial charge in [0.2, 0.25) is 0 Å². The highest BCUT2D eigenvalue weighted by Crippen LogP contribution is 2.10. The number of quaternary nitrogens is 1. The van der Waals surface area contributed by atoms with Gasteiger partial charge in [0.25, 0.3) is 0 Å². The summed E-state index contributed by atoms with van der Waals surface area (Å²) in [4.78, 5) is 0. The molecule has 0 amide bonds. The summed E-state index contributed by atoms with van der Waals surface area (Å²) >= 11 is 0. The third-order valence-electron chi connectivity index (χ3n) is 6.31. The normalized spacial score (nSPS) is 13.6. The second-order valence-corrected chi connectivity index (χ2v) is 10.7. The van der Waals surface area contributed by atoms with Gasteiger partial charge in [-0.3, -0.25) is 0 Å². The Morgan fingerprint density at radius 3 is 1.15 bits per heavy atom. The van der Waals surface area contributed by atoms with E-state index < -0.39 is 12.2 Å². The lowest BCUT2D eigenvalue weighted by Gasteiger charge is -2.33. The second kappa shape index (κ2) is 26.2. The van der Waals surface area contributed by atoms with Gasteiger partial charge in [-0.25, -0.2) is 0 Å². The summed E-state index contributed by atoms with van der Waals surface area (Å²) in [6.07, 6.45) is 19.6. The Kier molecular flexibility index (Phi) is 27.9. The van der Waals surface area contributed by atoms with Crippen molar-refractivity contribution in [1.82, 2.24) is 0 Å². The molecule has 0 rings (SSSR count). The van der Waals surface area contributed by atoms with Crippen molar-refractivity contribution >= 4 is 0 Å². The highest BCUT2D eigenvalue weighted by molar-refractivity contribution is 4.57. The molecule has 0 aromatic carbocycles. The molecule has 0 aromatic heterocycles. The molecule has 0 spiro atoms. The van der Waals surface area contributed by atoms with E-state index in [0.29, 0.717) is 30.8 Å². The fraction of sp³-hybridized carbons (Fsp3) is 1.00. The van der Waals surface area contributed by atoms with E-state index in [4.69, 9.17) is 9.47 Å². The van der Waals surface area contributed by atoms with Crippen molar-refractivity contribution in [3.05, 3.63) is 0 Å². The lowest BCUT2D eigenvalue weighted by atomic mass is 10.1. The molecule has 2 unspecified atom stereocenters. The molecule has 0 aliphatic rings. The standard InChI is InChI=1S/C28H60NO4.ClH/c1-5-7-9-11-13-15-17-19-21-32-25-27(30)23-29(3,4)24-28(31)26-33-22-20-18-16-14-12-10-8-6-2;/h27-28,30-31H,5-26H2,1-4H3;1H/q+1;/p-1. The van der Waals surface area contributed by atoms with Gasteiger partial charge in [0.1, 0.15) is 25.3 Å². The Labute approximate surface area is 219 Å². The Hall–Kier alpha value is 0.0900. The molecule has 0 aromatic rings. The van der Waals surface area contributed by atoms with Crippen molar-refractivity contribution in [3.63, 3.8) is 0 Å². The van der Waals surface area contributed by atoms with Crippen molar-refractivity contribution in [3.8, 4) is 0 Å². The van der Waals surface area contributed by atoms with E-state index in [1.807, 2.05) is 14.1 Å². The first-order valence-corrected chi connectivity index (χ1v) is 14.2. The molecule has 34 heavy (non-hydrogen) atoms. The van der Waals surface area contributed by atoms with Gasteiger partial charge in [-0.1, -0.05) is 104 Å². The Morgan fingerprint density at radius 2 is 0.824 bits per heavy atom.